The first kappa shape index (κ1) is 113. The van der Waals surface area contributed by atoms with E-state index in [1.54, 1.807) is 106 Å². The summed E-state index contributed by atoms with van der Waals surface area (Å²) < 4.78 is 62.2. The van der Waals surface area contributed by atoms with Gasteiger partial charge in [-0.3, -0.25) is 24.0 Å². The van der Waals surface area contributed by atoms with Gasteiger partial charge in [0.25, 0.3) is 6.47 Å². The predicted molar refractivity (Wildman–Crippen MR) is 478 cm³/mol. The van der Waals surface area contributed by atoms with Gasteiger partial charge in [-0.05, 0) is 278 Å². The van der Waals surface area contributed by atoms with Gasteiger partial charge in [0, 0.05) is 99.2 Å². The van der Waals surface area contributed by atoms with Gasteiger partial charge in [0.2, 0.25) is 47.1 Å². The fourth-order valence-electron chi connectivity index (χ4n) is 13.9. The van der Waals surface area contributed by atoms with E-state index in [-0.39, 0.29) is 222 Å². The van der Waals surface area contributed by atoms with Crippen LogP contribution in [0.5, 0.6) is 17.4 Å². The average molecular weight is 2200 g/mol. The fraction of sp³-hybridized carbons (Fsp3) is 0.409. The van der Waals surface area contributed by atoms with Gasteiger partial charge in [-0.25, -0.2) is 50.8 Å². The van der Waals surface area contributed by atoms with Crippen molar-refractivity contribution in [3.8, 4) is 17.4 Å². The van der Waals surface area contributed by atoms with Crippen LogP contribution < -0.4 is 148 Å². The molecule has 3 unspecified atom stereocenters. The molecule has 3 N–H and O–H groups in total. The number of aromatic hydroxyl groups is 1. The summed E-state index contributed by atoms with van der Waals surface area (Å²) in [7, 11) is 4.76. The Labute approximate surface area is 898 Å². The molecular formula is C93H112ClCs2F3IN13O15Zn. The van der Waals surface area contributed by atoms with Crippen LogP contribution in [0.4, 0.5) is 27.6 Å². The maximum Gasteiger partial charge on any atom is 1.00 e. The van der Waals surface area contributed by atoms with Crippen molar-refractivity contribution in [3.05, 3.63) is 238 Å². The SMILES string of the molecule is CC(=O)N1CCCCC1c1cccnc1F.CC(=O)N1CCCCC1c1cccnc1Oc1ccc(C(=O)c2nc3ccccc3[nH]2)cc1.CC(C)(C)OC(=O)N1CCCCC1.CC(C)(C)OC(=O)N1CCCCC1c1cccnc1F.CC(C)(C)OC(=O)N1[CH-]CCCC1.Fc1ncccc1I.O=C(c1ccc(O)cc1)c1nc2ccccc2[nH]1.O=CO[O-].[Cl][Zn+].[Cs+].[Cs+].[H-]. The number of ether oxygens (including phenoxy) is 4. The molecule has 3 atom stereocenters. The van der Waals surface area contributed by atoms with E-state index in [1.165, 1.54) is 50.5 Å². The normalized spacial score (nSPS) is 15.8. The van der Waals surface area contributed by atoms with Crippen molar-refractivity contribution in [3.63, 3.8) is 0 Å². The van der Waals surface area contributed by atoms with E-state index in [0.717, 1.165) is 155 Å². The number of aromatic amines is 2. The summed E-state index contributed by atoms with van der Waals surface area (Å²) in [6.45, 7) is 26.3. The second kappa shape index (κ2) is 57.6. The van der Waals surface area contributed by atoms with Crippen LogP contribution in [0.25, 0.3) is 22.1 Å². The molecule has 0 saturated carbocycles. The van der Waals surface area contributed by atoms with Gasteiger partial charge < -0.3 is 70.1 Å². The summed E-state index contributed by atoms with van der Waals surface area (Å²) in [6.07, 6.45) is 20.3. The number of hydrogen-bond acceptors (Lipinski definition) is 21. The van der Waals surface area contributed by atoms with Crippen molar-refractivity contribution in [2.24, 2.45) is 0 Å². The van der Waals surface area contributed by atoms with Crippen molar-refractivity contribution in [2.45, 2.75) is 207 Å². The van der Waals surface area contributed by atoms with Gasteiger partial charge in [-0.2, -0.15) is 19.6 Å². The number of halogens is 5. The Bertz CT molecular complexity index is 5060. The van der Waals surface area contributed by atoms with Crippen LogP contribution in [0, 0.1) is 28.0 Å². The largest absolute Gasteiger partial charge is 1.00 e. The Hall–Kier alpha value is -6.92. The molecule has 0 bridgehead atoms. The molecule has 36 heteroatoms. The summed E-state index contributed by atoms with van der Waals surface area (Å²) in [5.41, 5.74) is 4.79. The number of pyridine rings is 4. The molecule has 678 valence electrons. The smallest absolute Gasteiger partial charge is 1.00 e. The molecule has 28 nitrogen and oxygen atoms in total. The quantitative estimate of drug-likeness (QED) is 0.0132. The molecule has 5 fully saturated rings. The van der Waals surface area contributed by atoms with Gasteiger partial charge in [0.05, 0.1) is 43.8 Å². The number of aromatic nitrogens is 8. The minimum absolute atomic E-state index is 0. The van der Waals surface area contributed by atoms with Gasteiger partial charge in [0.15, 0.2) is 11.6 Å². The van der Waals surface area contributed by atoms with Crippen molar-refractivity contribution in [2.75, 3.05) is 39.3 Å². The van der Waals surface area contributed by atoms with E-state index in [0.29, 0.717) is 62.2 Å². The fourth-order valence-corrected chi connectivity index (χ4v) is 14.3. The number of likely N-dealkylation sites (tertiary alicyclic amines) is 5. The Kier molecular flexibility index (Phi) is 50.3. The van der Waals surface area contributed by atoms with Gasteiger partial charge in [-0.1, -0.05) is 48.9 Å². The number of ketones is 2. The number of piperidine rings is 5. The maximum absolute atomic E-state index is 13.9. The third-order valence-corrected chi connectivity index (χ3v) is 20.5. The van der Waals surface area contributed by atoms with Gasteiger partial charge in [-0.15, -0.1) is 0 Å². The average Bonchev–Trinajstić information content (AvgIpc) is 1.26. The molecule has 0 radical (unpaired) electrons. The molecule has 15 rings (SSSR count). The molecule has 0 spiro atoms. The number of imidazole rings is 2. The molecule has 6 aromatic heterocycles. The number of carbonyl (C=O) groups is 8. The number of rotatable bonds is 10. The van der Waals surface area contributed by atoms with E-state index in [4.69, 9.17) is 38.7 Å². The summed E-state index contributed by atoms with van der Waals surface area (Å²) in [5, 5.41) is 17.6. The first-order chi connectivity index (χ1) is 60.6. The molecule has 11 heterocycles. The number of H-pyrrole nitrogens is 2. The second-order valence-electron chi connectivity index (χ2n) is 32.7. The monoisotopic (exact) mass is 2200 g/mol. The van der Waals surface area contributed by atoms with E-state index in [1.807, 2.05) is 157 Å². The van der Waals surface area contributed by atoms with E-state index < -0.39 is 23.4 Å². The van der Waals surface area contributed by atoms with Gasteiger partial charge >= 0.3 is 183 Å². The number of para-hydroxylation sites is 4. The Morgan fingerprint density at radius 3 is 1.29 bits per heavy atom. The number of phenols is 1. The molecular weight excluding hydrogens is 2090 g/mol. The molecule has 0 aliphatic carbocycles. The van der Waals surface area contributed by atoms with Gasteiger partial charge in [0.1, 0.15) is 28.3 Å². The van der Waals surface area contributed by atoms with Crippen LogP contribution in [-0.2, 0) is 50.8 Å². The van der Waals surface area contributed by atoms with Crippen LogP contribution >= 0.6 is 32.3 Å². The number of nitrogens with one attached hydrogen (secondary N) is 2. The molecule has 10 aromatic rings. The van der Waals surface area contributed by atoms with E-state index >= 15 is 0 Å². The zero-order valence-corrected chi connectivity index (χ0v) is 94.0. The van der Waals surface area contributed by atoms with Crippen molar-refractivity contribution >= 4 is 102 Å². The summed E-state index contributed by atoms with van der Waals surface area (Å²) >= 11 is 2.73. The minimum atomic E-state index is -0.549. The third-order valence-electron chi connectivity index (χ3n) is 19.7. The van der Waals surface area contributed by atoms with Crippen molar-refractivity contribution in [1.29, 1.82) is 0 Å². The molecule has 4 aromatic carbocycles. The van der Waals surface area contributed by atoms with Crippen LogP contribution in [-0.4, -0.2) is 174 Å². The van der Waals surface area contributed by atoms with Crippen LogP contribution in [0.3, 0.4) is 0 Å². The maximum atomic E-state index is 13.9. The summed E-state index contributed by atoms with van der Waals surface area (Å²) in [6, 6.07) is 41.6. The second-order valence-corrected chi connectivity index (χ2v) is 33.8. The summed E-state index contributed by atoms with van der Waals surface area (Å²) in [5.74, 6) is 0.129. The minimum Gasteiger partial charge on any atom is -1.00 e. The molecule has 129 heavy (non-hydrogen) atoms. The van der Waals surface area contributed by atoms with Crippen LogP contribution in [0.1, 0.15) is 241 Å². The topological polar surface area (TPSA) is 351 Å². The molecule has 5 aliphatic heterocycles. The standard InChI is InChI=1S/C26H24N4O3.C15H21FN2O2.C14H10N2O2.C12H15FN2O.C10H19NO2.C10H18NO2.C5H3FIN.CH2O3.ClH.2Cs.Zn.H/c1-17(31)30-16-5-4-10-23(30)20-7-6-15-27-26(20)33-19-13-11-18(12-14-19)24(32)25-28-21-8-2-3-9-22(21)29-25;1-15(2,3)20-14(19)18-10-5-4-8-12(18)11-7-6-9-17-13(11)16;17-10-7-5-9(6-8-10)13(18)14-15-11-3-1-2-4-12(11)16-14;1-9(16)15-8-3-2-6-11(15)10-5-4-7-14-12(10)13;2*1-10(2,3)13-9(12)11-7-5-4-6-8-11;6-5-4(7)2-1-3-8-5;2-1-4-3;;;;;/h2-3,6-9,11-15,23H,4-5,10,16H2,1H3,(H,28,29);6-7,9,12H,4-5,8,10H2,1-3H3;1-8,17H,(H,15,16);4-5,7,11H,2-3,6,8H2,1H3;4-8H2,1-3H3;7H,4-6,8H2,1-3H3;1-3H;1,3H;1H;;;;/q;;;;;-1;;;;2*+1;+2;-1/p-2. The molecule has 5 saturated heterocycles. The van der Waals surface area contributed by atoms with Crippen molar-refractivity contribution in [1.82, 2.24) is 64.4 Å². The summed E-state index contributed by atoms with van der Waals surface area (Å²) in [4.78, 5) is 134. The Morgan fingerprint density at radius 1 is 0.496 bits per heavy atom. The molecule has 5 amide bonds. The number of nitrogens with zero attached hydrogens (tertiary/aromatic N) is 11. The van der Waals surface area contributed by atoms with Crippen molar-refractivity contribution < 1.29 is 242 Å². The predicted octanol–water partition coefficient (Wildman–Crippen LogP) is 13.6. The first-order valence-electron chi connectivity index (χ1n) is 41.9. The zero-order valence-electron chi connectivity index (χ0n) is 76.6. The Balaban J connectivity index is 0.000000324. The van der Waals surface area contributed by atoms with E-state index in [9.17, 15) is 51.8 Å². The first-order valence-corrected chi connectivity index (χ1v) is 46.9. The number of phenolic OH excluding ortho intramolecular Hbond substituents is 1. The number of fused-ring (bicyclic) bond motifs is 2. The zero-order chi connectivity index (χ0) is 92.8. The molecule has 5 aliphatic rings. The van der Waals surface area contributed by atoms with Crippen LogP contribution in [0.15, 0.2) is 170 Å². The number of amides is 5. The number of carbonyl (C=O) groups excluding carboxylic acids is 8. The van der Waals surface area contributed by atoms with Crippen LogP contribution in [0.2, 0.25) is 0 Å². The third kappa shape index (κ3) is 38.2. The number of hydrogen-bond donors (Lipinski definition) is 3. The number of benzene rings is 4. The Morgan fingerprint density at radius 2 is 0.884 bits per heavy atom. The van der Waals surface area contributed by atoms with E-state index in [2.05, 4.69) is 44.8 Å².